The lowest BCUT2D eigenvalue weighted by molar-refractivity contribution is -0.0439. The molecule has 0 aromatic carbocycles. The summed E-state index contributed by atoms with van der Waals surface area (Å²) in [6, 6.07) is 0.289. The second kappa shape index (κ2) is 4.50. The highest BCUT2D eigenvalue weighted by molar-refractivity contribution is 6.77. The molecule has 2 heterocycles. The Morgan fingerprint density at radius 3 is 2.11 bits per heavy atom. The summed E-state index contributed by atoms with van der Waals surface area (Å²) in [6.07, 6.45) is 2.21. The third kappa shape index (κ3) is 2.03. The average molecular weight is 283 g/mol. The van der Waals surface area contributed by atoms with Crippen LogP contribution in [-0.4, -0.2) is 36.4 Å². The van der Waals surface area contributed by atoms with Gasteiger partial charge in [0.2, 0.25) is 0 Å². The fourth-order valence-corrected chi connectivity index (χ4v) is 6.46. The lowest BCUT2D eigenvalue weighted by Gasteiger charge is -2.40. The van der Waals surface area contributed by atoms with Crippen LogP contribution in [0.3, 0.4) is 0 Å². The molecule has 0 bridgehead atoms. The molecule has 4 heteroatoms. The van der Waals surface area contributed by atoms with Gasteiger partial charge in [0.25, 0.3) is 0 Å². The Balaban J connectivity index is 2.39. The van der Waals surface area contributed by atoms with E-state index in [1.165, 1.54) is 0 Å². The number of cyclic esters (lactones) is 1. The molecule has 1 amide bonds. The van der Waals surface area contributed by atoms with Crippen LogP contribution in [0.2, 0.25) is 19.6 Å². The summed E-state index contributed by atoms with van der Waals surface area (Å²) in [5, 5.41) is 0. The Morgan fingerprint density at radius 2 is 1.68 bits per heavy atom. The maximum atomic E-state index is 12.5. The molecule has 2 aliphatic rings. The van der Waals surface area contributed by atoms with Crippen molar-refractivity contribution in [2.45, 2.75) is 77.5 Å². The molecule has 2 rings (SSSR count). The van der Waals surface area contributed by atoms with Gasteiger partial charge in [0.15, 0.2) is 0 Å². The van der Waals surface area contributed by atoms with Gasteiger partial charge in [-0.1, -0.05) is 47.3 Å². The highest BCUT2D eigenvalue weighted by Crippen LogP contribution is 2.49. The lowest BCUT2D eigenvalue weighted by Crippen LogP contribution is -2.54. The van der Waals surface area contributed by atoms with Crippen LogP contribution in [0, 0.1) is 11.8 Å². The minimum Gasteiger partial charge on any atom is -0.440 e. The maximum absolute atomic E-state index is 12.5. The molecule has 2 fully saturated rings. The van der Waals surface area contributed by atoms with E-state index in [4.69, 9.17) is 4.74 Å². The highest BCUT2D eigenvalue weighted by Gasteiger charge is 2.62. The van der Waals surface area contributed by atoms with Gasteiger partial charge < -0.3 is 9.64 Å². The number of hydrogen-bond donors (Lipinski definition) is 0. The molecular weight excluding hydrogens is 254 g/mol. The molecule has 2 saturated heterocycles. The van der Waals surface area contributed by atoms with E-state index in [-0.39, 0.29) is 17.7 Å². The van der Waals surface area contributed by atoms with Crippen molar-refractivity contribution in [3.05, 3.63) is 0 Å². The summed E-state index contributed by atoms with van der Waals surface area (Å²) < 4.78 is 5.97. The SMILES string of the molecule is CC(C)C1(C(C)C)OC(=O)N2[C@H]1CC[C@@H]2[Si](C)(C)C. The summed E-state index contributed by atoms with van der Waals surface area (Å²) in [5.41, 5.74) is 0.162. The van der Waals surface area contributed by atoms with E-state index >= 15 is 0 Å². The lowest BCUT2D eigenvalue weighted by atomic mass is 9.74. The van der Waals surface area contributed by atoms with Crippen molar-refractivity contribution in [3.63, 3.8) is 0 Å². The minimum atomic E-state index is -1.36. The molecule has 0 spiro atoms. The molecule has 0 unspecified atom stereocenters. The molecule has 0 aromatic rings. The van der Waals surface area contributed by atoms with Gasteiger partial charge in [-0.05, 0) is 24.7 Å². The fraction of sp³-hybridized carbons (Fsp3) is 0.933. The van der Waals surface area contributed by atoms with Crippen molar-refractivity contribution in [2.24, 2.45) is 11.8 Å². The Labute approximate surface area is 118 Å². The number of ether oxygens (including phenoxy) is 1. The van der Waals surface area contributed by atoms with Gasteiger partial charge in [0.05, 0.1) is 14.1 Å². The molecule has 0 aliphatic carbocycles. The number of hydrogen-bond acceptors (Lipinski definition) is 2. The smallest absolute Gasteiger partial charge is 0.410 e. The average Bonchev–Trinajstić information content (AvgIpc) is 2.77. The van der Waals surface area contributed by atoms with Crippen LogP contribution < -0.4 is 0 Å². The summed E-state index contributed by atoms with van der Waals surface area (Å²) in [5.74, 6) is 0.735. The Hall–Kier alpha value is -0.513. The molecule has 0 radical (unpaired) electrons. The summed E-state index contributed by atoms with van der Waals surface area (Å²) in [6.45, 7) is 15.8. The van der Waals surface area contributed by atoms with Crippen molar-refractivity contribution in [1.29, 1.82) is 0 Å². The third-order valence-electron chi connectivity index (χ3n) is 5.19. The highest BCUT2D eigenvalue weighted by atomic mass is 28.3. The summed E-state index contributed by atoms with van der Waals surface area (Å²) >= 11 is 0. The minimum absolute atomic E-state index is 0.0580. The molecular formula is C15H29NO2Si. The van der Waals surface area contributed by atoms with Gasteiger partial charge in [-0.15, -0.1) is 0 Å². The van der Waals surface area contributed by atoms with E-state index in [1.54, 1.807) is 0 Å². The van der Waals surface area contributed by atoms with E-state index < -0.39 is 8.07 Å². The van der Waals surface area contributed by atoms with E-state index in [1.807, 2.05) is 0 Å². The first-order valence-electron chi connectivity index (χ1n) is 7.63. The Kier molecular flexibility index (Phi) is 3.53. The quantitative estimate of drug-likeness (QED) is 0.735. The number of amides is 1. The summed E-state index contributed by atoms with van der Waals surface area (Å²) in [4.78, 5) is 14.6. The van der Waals surface area contributed by atoms with Crippen LogP contribution in [0.15, 0.2) is 0 Å². The Morgan fingerprint density at radius 1 is 1.16 bits per heavy atom. The van der Waals surface area contributed by atoms with Gasteiger partial charge in [-0.3, -0.25) is 0 Å². The molecule has 0 saturated carbocycles. The maximum Gasteiger partial charge on any atom is 0.410 e. The van der Waals surface area contributed by atoms with Crippen molar-refractivity contribution in [1.82, 2.24) is 4.90 Å². The standard InChI is InChI=1S/C15H29NO2Si/c1-10(2)15(11(3)4)12-8-9-13(19(5,6)7)16(12)14(17)18-15/h10-13H,8-9H2,1-7H3/t12-,13-/m0/s1. The van der Waals surface area contributed by atoms with Crippen LogP contribution in [0.5, 0.6) is 0 Å². The molecule has 19 heavy (non-hydrogen) atoms. The predicted octanol–water partition coefficient (Wildman–Crippen LogP) is 3.90. The van der Waals surface area contributed by atoms with Crippen LogP contribution >= 0.6 is 0 Å². The largest absolute Gasteiger partial charge is 0.440 e. The van der Waals surface area contributed by atoms with Crippen molar-refractivity contribution < 1.29 is 9.53 Å². The second-order valence-corrected chi connectivity index (χ2v) is 13.3. The number of fused-ring (bicyclic) bond motifs is 1. The van der Waals surface area contributed by atoms with Gasteiger partial charge in [0, 0.05) is 5.67 Å². The van der Waals surface area contributed by atoms with Crippen LogP contribution in [0.4, 0.5) is 4.79 Å². The van der Waals surface area contributed by atoms with E-state index in [0.717, 1.165) is 12.8 Å². The van der Waals surface area contributed by atoms with Gasteiger partial charge in [-0.2, -0.15) is 0 Å². The molecule has 2 aliphatic heterocycles. The van der Waals surface area contributed by atoms with E-state index in [2.05, 4.69) is 52.2 Å². The first-order valence-corrected chi connectivity index (χ1v) is 11.2. The number of carbonyl (C=O) groups is 1. The van der Waals surface area contributed by atoms with Crippen LogP contribution in [0.1, 0.15) is 40.5 Å². The van der Waals surface area contributed by atoms with E-state index in [9.17, 15) is 4.79 Å². The van der Waals surface area contributed by atoms with Crippen molar-refractivity contribution in [3.8, 4) is 0 Å². The number of carbonyl (C=O) groups excluding carboxylic acids is 1. The van der Waals surface area contributed by atoms with Gasteiger partial charge in [-0.25, -0.2) is 4.79 Å². The zero-order valence-electron chi connectivity index (χ0n) is 13.5. The molecule has 110 valence electrons. The van der Waals surface area contributed by atoms with Crippen molar-refractivity contribution in [2.75, 3.05) is 0 Å². The molecule has 2 atom stereocenters. The van der Waals surface area contributed by atoms with Crippen LogP contribution in [0.25, 0.3) is 0 Å². The van der Waals surface area contributed by atoms with E-state index in [0.29, 0.717) is 17.5 Å². The number of rotatable bonds is 3. The zero-order chi connectivity index (χ0) is 14.6. The molecule has 3 nitrogen and oxygen atoms in total. The number of nitrogens with zero attached hydrogens (tertiary/aromatic N) is 1. The van der Waals surface area contributed by atoms with Gasteiger partial charge >= 0.3 is 6.09 Å². The van der Waals surface area contributed by atoms with Crippen molar-refractivity contribution >= 4 is 14.2 Å². The predicted molar refractivity (Wildman–Crippen MR) is 80.9 cm³/mol. The topological polar surface area (TPSA) is 29.5 Å². The molecule has 0 aromatic heterocycles. The fourth-order valence-electron chi connectivity index (χ4n) is 4.30. The third-order valence-corrected chi connectivity index (χ3v) is 7.75. The summed E-state index contributed by atoms with van der Waals surface area (Å²) in [7, 11) is -1.36. The second-order valence-electron chi connectivity index (χ2n) is 7.91. The van der Waals surface area contributed by atoms with Gasteiger partial charge in [0.1, 0.15) is 5.60 Å². The van der Waals surface area contributed by atoms with Crippen LogP contribution in [-0.2, 0) is 4.74 Å². The molecule has 0 N–H and O–H groups in total. The normalized spacial score (nSPS) is 30.2. The first-order chi connectivity index (χ1) is 8.62. The monoisotopic (exact) mass is 283 g/mol. The Bertz CT molecular complexity index is 365. The zero-order valence-corrected chi connectivity index (χ0v) is 14.5. The first kappa shape index (κ1) is 14.9.